The van der Waals surface area contributed by atoms with Crippen molar-refractivity contribution in [2.24, 2.45) is 0 Å². The van der Waals surface area contributed by atoms with Crippen LogP contribution in [-0.4, -0.2) is 41.8 Å². The molecule has 6 heteroatoms. The molecule has 0 radical (unpaired) electrons. The largest absolute Gasteiger partial charge is 0.401 e. The van der Waals surface area contributed by atoms with Gasteiger partial charge >= 0.3 is 6.18 Å². The summed E-state index contributed by atoms with van der Waals surface area (Å²) in [5, 5.41) is 12.6. The Balaban J connectivity index is 2.07. The summed E-state index contributed by atoms with van der Waals surface area (Å²) < 4.78 is 38.2. The number of hydrogen-bond acceptors (Lipinski definition) is 3. The number of hydrogen-bond donors (Lipinski definition) is 1. The summed E-state index contributed by atoms with van der Waals surface area (Å²) in [6.07, 6.45) is 0.365. The summed E-state index contributed by atoms with van der Waals surface area (Å²) in [7, 11) is 0. The Bertz CT molecular complexity index is 369. The monoisotopic (exact) mass is 289 g/mol. The number of nitriles is 1. The predicted octanol–water partition coefficient (Wildman–Crippen LogP) is 2.83. The van der Waals surface area contributed by atoms with Gasteiger partial charge in [0.1, 0.15) is 5.54 Å². The number of halogens is 3. The third kappa shape index (κ3) is 3.86. The smallest absolute Gasteiger partial charge is 0.300 e. The average Bonchev–Trinajstić information content (AvgIpc) is 3.20. The van der Waals surface area contributed by atoms with Crippen LogP contribution in [0.15, 0.2) is 0 Å². The number of nitrogens with one attached hydrogen (secondary N) is 1. The van der Waals surface area contributed by atoms with Crippen molar-refractivity contribution in [3.63, 3.8) is 0 Å². The number of alkyl halides is 3. The Hall–Kier alpha value is -0.800. The molecule has 0 aromatic heterocycles. The van der Waals surface area contributed by atoms with Gasteiger partial charge in [0.25, 0.3) is 0 Å². The van der Waals surface area contributed by atoms with Crippen molar-refractivity contribution in [1.29, 1.82) is 5.26 Å². The molecule has 0 aromatic carbocycles. The molecule has 1 N–H and O–H groups in total. The fourth-order valence-corrected chi connectivity index (χ4v) is 3.34. The summed E-state index contributed by atoms with van der Waals surface area (Å²) in [6, 6.07) is 2.25. The predicted molar refractivity (Wildman–Crippen MR) is 70.1 cm³/mol. The first-order valence-corrected chi connectivity index (χ1v) is 7.38. The van der Waals surface area contributed by atoms with Gasteiger partial charge in [-0.05, 0) is 45.1 Å². The summed E-state index contributed by atoms with van der Waals surface area (Å²) in [6.45, 7) is 1.76. The maximum atomic E-state index is 12.7. The van der Waals surface area contributed by atoms with E-state index in [1.165, 1.54) is 0 Å². The minimum atomic E-state index is -4.16. The number of rotatable bonds is 5. The van der Waals surface area contributed by atoms with Gasteiger partial charge in [-0.2, -0.15) is 18.4 Å². The Morgan fingerprint density at radius 1 is 1.30 bits per heavy atom. The second kappa shape index (κ2) is 5.90. The molecule has 0 heterocycles. The number of nitrogens with zero attached hydrogens (tertiary/aromatic N) is 2. The van der Waals surface area contributed by atoms with Crippen LogP contribution in [0.3, 0.4) is 0 Å². The van der Waals surface area contributed by atoms with Crippen LogP contribution in [0.5, 0.6) is 0 Å². The Labute approximate surface area is 118 Å². The molecule has 0 aromatic rings. The van der Waals surface area contributed by atoms with Crippen molar-refractivity contribution in [3.8, 4) is 6.07 Å². The standard InChI is InChI=1S/C14H22F3N3/c1-2-19-13(9-18)7-3-4-12(8-13)20(11-5-6-11)10-14(15,16)17/h11-12,19H,2-8,10H2,1H3. The van der Waals surface area contributed by atoms with Crippen LogP contribution in [0, 0.1) is 11.3 Å². The first-order valence-electron chi connectivity index (χ1n) is 7.38. The first kappa shape index (κ1) is 15.6. The molecule has 0 saturated heterocycles. The summed E-state index contributed by atoms with van der Waals surface area (Å²) in [4.78, 5) is 1.60. The lowest BCUT2D eigenvalue weighted by molar-refractivity contribution is -0.154. The molecule has 2 aliphatic carbocycles. The average molecular weight is 289 g/mol. The highest BCUT2D eigenvalue weighted by Gasteiger charge is 2.45. The first-order chi connectivity index (χ1) is 9.39. The maximum Gasteiger partial charge on any atom is 0.401 e. The van der Waals surface area contributed by atoms with Crippen LogP contribution < -0.4 is 5.32 Å². The van der Waals surface area contributed by atoms with Gasteiger partial charge in [0.15, 0.2) is 0 Å². The molecular formula is C14H22F3N3. The molecule has 2 fully saturated rings. The molecule has 3 nitrogen and oxygen atoms in total. The molecule has 0 spiro atoms. The molecule has 2 saturated carbocycles. The van der Waals surface area contributed by atoms with Gasteiger partial charge in [-0.15, -0.1) is 0 Å². The molecule has 0 bridgehead atoms. The molecule has 2 unspecified atom stereocenters. The van der Waals surface area contributed by atoms with E-state index in [2.05, 4.69) is 11.4 Å². The van der Waals surface area contributed by atoms with Gasteiger partial charge in [0.05, 0.1) is 12.6 Å². The molecule has 2 atom stereocenters. The van der Waals surface area contributed by atoms with Crippen LogP contribution in [0.1, 0.15) is 45.4 Å². The topological polar surface area (TPSA) is 39.1 Å². The Morgan fingerprint density at radius 2 is 2.00 bits per heavy atom. The van der Waals surface area contributed by atoms with E-state index in [1.54, 1.807) is 4.90 Å². The third-order valence-electron chi connectivity index (χ3n) is 4.30. The lowest BCUT2D eigenvalue weighted by atomic mass is 9.79. The molecule has 0 aliphatic heterocycles. The van der Waals surface area contributed by atoms with Crippen LogP contribution in [0.25, 0.3) is 0 Å². The molecule has 2 rings (SSSR count). The Morgan fingerprint density at radius 3 is 2.50 bits per heavy atom. The van der Waals surface area contributed by atoms with E-state index < -0.39 is 18.3 Å². The van der Waals surface area contributed by atoms with E-state index in [4.69, 9.17) is 0 Å². The summed E-state index contributed by atoms with van der Waals surface area (Å²) >= 11 is 0. The van der Waals surface area contributed by atoms with E-state index in [0.29, 0.717) is 13.0 Å². The highest BCUT2D eigenvalue weighted by Crippen LogP contribution is 2.38. The zero-order valence-electron chi connectivity index (χ0n) is 11.8. The van der Waals surface area contributed by atoms with E-state index in [-0.39, 0.29) is 12.1 Å². The van der Waals surface area contributed by atoms with Crippen LogP contribution in [0.2, 0.25) is 0 Å². The van der Waals surface area contributed by atoms with Gasteiger partial charge in [0.2, 0.25) is 0 Å². The lowest BCUT2D eigenvalue weighted by Crippen LogP contribution is -2.54. The molecule has 20 heavy (non-hydrogen) atoms. The third-order valence-corrected chi connectivity index (χ3v) is 4.30. The molecule has 2 aliphatic rings. The second-order valence-electron chi connectivity index (χ2n) is 5.99. The molecular weight excluding hydrogens is 267 g/mol. The zero-order valence-corrected chi connectivity index (χ0v) is 11.8. The van der Waals surface area contributed by atoms with Crippen molar-refractivity contribution in [1.82, 2.24) is 10.2 Å². The quantitative estimate of drug-likeness (QED) is 0.846. The van der Waals surface area contributed by atoms with Gasteiger partial charge in [-0.3, -0.25) is 10.2 Å². The fraction of sp³-hybridized carbons (Fsp3) is 0.929. The van der Waals surface area contributed by atoms with Crippen LogP contribution >= 0.6 is 0 Å². The van der Waals surface area contributed by atoms with Gasteiger partial charge in [-0.1, -0.05) is 6.92 Å². The van der Waals surface area contributed by atoms with E-state index in [0.717, 1.165) is 32.1 Å². The highest BCUT2D eigenvalue weighted by atomic mass is 19.4. The van der Waals surface area contributed by atoms with Gasteiger partial charge in [0, 0.05) is 12.1 Å². The van der Waals surface area contributed by atoms with E-state index >= 15 is 0 Å². The summed E-state index contributed by atoms with van der Waals surface area (Å²) in [5.74, 6) is 0. The fourth-order valence-electron chi connectivity index (χ4n) is 3.34. The van der Waals surface area contributed by atoms with Crippen molar-refractivity contribution in [3.05, 3.63) is 0 Å². The minimum absolute atomic E-state index is 0.0674. The SMILES string of the molecule is CCNC1(C#N)CCCC(N(CC(F)(F)F)C2CC2)C1. The minimum Gasteiger partial charge on any atom is -0.300 e. The van der Waals surface area contributed by atoms with E-state index in [9.17, 15) is 18.4 Å². The zero-order chi connectivity index (χ0) is 14.8. The van der Waals surface area contributed by atoms with Crippen molar-refractivity contribution >= 4 is 0 Å². The highest BCUT2D eigenvalue weighted by molar-refractivity contribution is 5.11. The second-order valence-corrected chi connectivity index (χ2v) is 5.99. The van der Waals surface area contributed by atoms with E-state index in [1.807, 2.05) is 6.92 Å². The van der Waals surface area contributed by atoms with Crippen LogP contribution in [0.4, 0.5) is 13.2 Å². The maximum absolute atomic E-state index is 12.7. The summed E-state index contributed by atoms with van der Waals surface area (Å²) in [5.41, 5.74) is -0.642. The van der Waals surface area contributed by atoms with Crippen molar-refractivity contribution < 1.29 is 13.2 Å². The lowest BCUT2D eigenvalue weighted by Gasteiger charge is -2.42. The van der Waals surface area contributed by atoms with Crippen LogP contribution in [-0.2, 0) is 0 Å². The van der Waals surface area contributed by atoms with Gasteiger partial charge in [-0.25, -0.2) is 0 Å². The van der Waals surface area contributed by atoms with Crippen molar-refractivity contribution in [2.45, 2.75) is 69.2 Å². The molecule has 0 amide bonds. The van der Waals surface area contributed by atoms with Gasteiger partial charge < -0.3 is 0 Å². The normalized spacial score (nSPS) is 31.3. The molecule has 114 valence electrons. The Kier molecular flexibility index (Phi) is 4.60. The van der Waals surface area contributed by atoms with Crippen molar-refractivity contribution in [2.75, 3.05) is 13.1 Å².